The highest BCUT2D eigenvalue weighted by Crippen LogP contribution is 2.10. The quantitative estimate of drug-likeness (QED) is 0.755. The molecule has 0 radical (unpaired) electrons. The van der Waals surface area contributed by atoms with Crippen molar-refractivity contribution < 1.29 is 9.53 Å². The van der Waals surface area contributed by atoms with Crippen LogP contribution in [0, 0.1) is 0 Å². The second-order valence-corrected chi connectivity index (χ2v) is 5.16. The third-order valence-corrected chi connectivity index (χ3v) is 3.75. The lowest BCUT2D eigenvalue weighted by Crippen LogP contribution is -2.45. The number of piperidine rings is 1. The number of ether oxygens (including phenoxy) is 1. The fourth-order valence-corrected chi connectivity index (χ4v) is 2.36. The summed E-state index contributed by atoms with van der Waals surface area (Å²) in [6.45, 7) is 6.82. The second kappa shape index (κ2) is 8.48. The Hall–Kier alpha value is -0.610. The Morgan fingerprint density at radius 3 is 2.83 bits per heavy atom. The van der Waals surface area contributed by atoms with Gasteiger partial charge >= 0.3 is 0 Å². The fourth-order valence-electron chi connectivity index (χ4n) is 2.36. The van der Waals surface area contributed by atoms with Crippen molar-refractivity contribution in [1.82, 2.24) is 10.2 Å². The van der Waals surface area contributed by atoms with Crippen molar-refractivity contribution in [2.45, 2.75) is 58.1 Å². The predicted octanol–water partition coefficient (Wildman–Crippen LogP) is 1.79. The molecule has 0 aromatic carbocycles. The topological polar surface area (TPSA) is 41.6 Å². The maximum Gasteiger partial charge on any atom is 0.222 e. The number of amides is 1. The molecule has 0 spiro atoms. The lowest BCUT2D eigenvalue weighted by Gasteiger charge is -2.30. The van der Waals surface area contributed by atoms with Crippen LogP contribution in [0.15, 0.2) is 0 Å². The van der Waals surface area contributed by atoms with Crippen LogP contribution in [0.25, 0.3) is 0 Å². The van der Waals surface area contributed by atoms with Crippen LogP contribution in [0.5, 0.6) is 0 Å². The summed E-state index contributed by atoms with van der Waals surface area (Å²) < 4.78 is 5.18. The summed E-state index contributed by atoms with van der Waals surface area (Å²) in [7, 11) is 1.69. The van der Waals surface area contributed by atoms with Gasteiger partial charge in [-0.2, -0.15) is 0 Å². The molecule has 1 saturated heterocycles. The lowest BCUT2D eigenvalue weighted by molar-refractivity contribution is -0.132. The molecule has 4 heteroatoms. The fraction of sp³-hybridized carbons (Fsp3) is 0.929. The number of nitrogens with one attached hydrogen (secondary N) is 1. The molecule has 1 fully saturated rings. The van der Waals surface area contributed by atoms with Gasteiger partial charge in [-0.25, -0.2) is 0 Å². The first-order chi connectivity index (χ1) is 8.67. The van der Waals surface area contributed by atoms with Gasteiger partial charge in [0.15, 0.2) is 0 Å². The van der Waals surface area contributed by atoms with E-state index >= 15 is 0 Å². The molecule has 0 aromatic rings. The summed E-state index contributed by atoms with van der Waals surface area (Å²) in [6.07, 6.45) is 5.31. The molecule has 106 valence electrons. The third-order valence-electron chi connectivity index (χ3n) is 3.75. The number of carbonyl (C=O) groups is 1. The number of likely N-dealkylation sites (N-methyl/N-ethyl adjacent to an activating group) is 1. The Kier molecular flexibility index (Phi) is 7.28. The summed E-state index contributed by atoms with van der Waals surface area (Å²) >= 11 is 0. The predicted molar refractivity (Wildman–Crippen MR) is 73.6 cm³/mol. The third kappa shape index (κ3) is 5.36. The van der Waals surface area contributed by atoms with Crippen molar-refractivity contribution in [2.24, 2.45) is 0 Å². The van der Waals surface area contributed by atoms with Crippen molar-refractivity contribution >= 4 is 5.91 Å². The minimum atomic E-state index is 0.167. The highest BCUT2D eigenvalue weighted by Gasteiger charge is 2.19. The highest BCUT2D eigenvalue weighted by atomic mass is 16.5. The monoisotopic (exact) mass is 256 g/mol. The minimum Gasteiger partial charge on any atom is -0.382 e. The Balaban J connectivity index is 2.32. The van der Waals surface area contributed by atoms with Gasteiger partial charge < -0.3 is 15.0 Å². The SMILES string of the molecule is CCN(CC1CCCCN1)C(=O)CCC(C)OC. The smallest absolute Gasteiger partial charge is 0.222 e. The first-order valence-electron chi connectivity index (χ1n) is 7.21. The average molecular weight is 256 g/mol. The zero-order chi connectivity index (χ0) is 13.4. The number of nitrogens with zero attached hydrogens (tertiary/aromatic N) is 1. The molecular weight excluding hydrogens is 228 g/mol. The van der Waals surface area contributed by atoms with Crippen molar-refractivity contribution in [1.29, 1.82) is 0 Å². The molecule has 1 aliphatic rings. The Morgan fingerprint density at radius 2 is 2.28 bits per heavy atom. The highest BCUT2D eigenvalue weighted by molar-refractivity contribution is 5.76. The molecule has 0 aromatic heterocycles. The molecular formula is C14H28N2O2. The normalized spacial score (nSPS) is 21.6. The molecule has 0 saturated carbocycles. The van der Waals surface area contributed by atoms with E-state index in [1.807, 2.05) is 11.8 Å². The molecule has 1 N–H and O–H groups in total. The van der Waals surface area contributed by atoms with E-state index in [0.29, 0.717) is 12.5 Å². The van der Waals surface area contributed by atoms with Gasteiger partial charge in [0.25, 0.3) is 0 Å². The molecule has 0 aliphatic carbocycles. The summed E-state index contributed by atoms with van der Waals surface area (Å²) in [4.78, 5) is 14.1. The Labute approximate surface area is 111 Å². The van der Waals surface area contributed by atoms with Gasteiger partial charge in [-0.15, -0.1) is 0 Å². The summed E-state index contributed by atoms with van der Waals surface area (Å²) in [5.74, 6) is 0.258. The van der Waals surface area contributed by atoms with Gasteiger partial charge in [0.05, 0.1) is 6.10 Å². The van der Waals surface area contributed by atoms with Crippen LogP contribution in [0.4, 0.5) is 0 Å². The molecule has 1 amide bonds. The maximum atomic E-state index is 12.1. The van der Waals surface area contributed by atoms with Crippen molar-refractivity contribution in [3.8, 4) is 0 Å². The van der Waals surface area contributed by atoms with E-state index in [9.17, 15) is 4.79 Å². The zero-order valence-electron chi connectivity index (χ0n) is 12.1. The van der Waals surface area contributed by atoms with E-state index in [4.69, 9.17) is 4.74 Å². The summed E-state index contributed by atoms with van der Waals surface area (Å²) in [5, 5.41) is 3.50. The molecule has 18 heavy (non-hydrogen) atoms. The Morgan fingerprint density at radius 1 is 1.50 bits per heavy atom. The first kappa shape index (κ1) is 15.4. The van der Waals surface area contributed by atoms with Crippen molar-refractivity contribution in [3.05, 3.63) is 0 Å². The zero-order valence-corrected chi connectivity index (χ0v) is 12.1. The van der Waals surface area contributed by atoms with Gasteiger partial charge in [-0.05, 0) is 39.7 Å². The standard InChI is InChI=1S/C14H28N2O2/c1-4-16(11-13-7-5-6-10-15-13)14(17)9-8-12(2)18-3/h12-13,15H,4-11H2,1-3H3. The van der Waals surface area contributed by atoms with Gasteiger partial charge in [0.1, 0.15) is 0 Å². The largest absolute Gasteiger partial charge is 0.382 e. The lowest BCUT2D eigenvalue weighted by atomic mass is 10.0. The van der Waals surface area contributed by atoms with E-state index in [0.717, 1.165) is 26.1 Å². The van der Waals surface area contributed by atoms with Crippen LogP contribution in [0.3, 0.4) is 0 Å². The van der Waals surface area contributed by atoms with Crippen molar-refractivity contribution in [3.63, 3.8) is 0 Å². The molecule has 1 aliphatic heterocycles. The van der Waals surface area contributed by atoms with E-state index in [2.05, 4.69) is 12.2 Å². The van der Waals surface area contributed by atoms with Crippen LogP contribution in [0.1, 0.15) is 46.0 Å². The van der Waals surface area contributed by atoms with Gasteiger partial charge in [-0.3, -0.25) is 4.79 Å². The summed E-state index contributed by atoms with van der Waals surface area (Å²) in [6, 6.07) is 0.488. The average Bonchev–Trinajstić information content (AvgIpc) is 2.42. The van der Waals surface area contributed by atoms with Gasteiger partial charge in [0, 0.05) is 32.7 Å². The first-order valence-corrected chi connectivity index (χ1v) is 7.21. The van der Waals surface area contributed by atoms with Gasteiger partial charge in [0.2, 0.25) is 5.91 Å². The Bertz CT molecular complexity index is 240. The van der Waals surface area contributed by atoms with Crippen LogP contribution in [-0.2, 0) is 9.53 Å². The molecule has 2 unspecified atom stereocenters. The number of hydrogen-bond donors (Lipinski definition) is 1. The van der Waals surface area contributed by atoms with Gasteiger partial charge in [-0.1, -0.05) is 6.42 Å². The molecule has 1 rings (SSSR count). The number of rotatable bonds is 7. The second-order valence-electron chi connectivity index (χ2n) is 5.16. The molecule has 4 nitrogen and oxygen atoms in total. The molecule has 0 bridgehead atoms. The summed E-state index contributed by atoms with van der Waals surface area (Å²) in [5.41, 5.74) is 0. The molecule has 2 atom stereocenters. The van der Waals surface area contributed by atoms with Crippen LogP contribution < -0.4 is 5.32 Å². The van der Waals surface area contributed by atoms with E-state index < -0.39 is 0 Å². The molecule has 1 heterocycles. The van der Waals surface area contributed by atoms with Crippen molar-refractivity contribution in [2.75, 3.05) is 26.7 Å². The van der Waals surface area contributed by atoms with Crippen LogP contribution in [0.2, 0.25) is 0 Å². The number of methoxy groups -OCH3 is 1. The van der Waals surface area contributed by atoms with E-state index in [1.165, 1.54) is 19.3 Å². The number of carbonyl (C=O) groups excluding carboxylic acids is 1. The minimum absolute atomic E-state index is 0.167. The van der Waals surface area contributed by atoms with Crippen LogP contribution in [-0.4, -0.2) is 49.7 Å². The number of hydrogen-bond acceptors (Lipinski definition) is 3. The van der Waals surface area contributed by atoms with Crippen LogP contribution >= 0.6 is 0 Å². The van der Waals surface area contributed by atoms with E-state index in [1.54, 1.807) is 7.11 Å². The maximum absolute atomic E-state index is 12.1. The van der Waals surface area contributed by atoms with E-state index in [-0.39, 0.29) is 12.0 Å².